The summed E-state index contributed by atoms with van der Waals surface area (Å²) >= 11 is 6.80. The average molecular weight is 590 g/mol. The molecule has 4 rings (SSSR count). The van der Waals surface area contributed by atoms with Crippen LogP contribution in [0.15, 0.2) is 61.5 Å². The van der Waals surface area contributed by atoms with Crippen LogP contribution in [0.1, 0.15) is 12.8 Å². The number of aromatic nitrogens is 2. The predicted molar refractivity (Wildman–Crippen MR) is 115 cm³/mol. The van der Waals surface area contributed by atoms with Crippen molar-refractivity contribution < 1.29 is 13.9 Å². The van der Waals surface area contributed by atoms with Crippen molar-refractivity contribution in [1.29, 1.82) is 0 Å². The summed E-state index contributed by atoms with van der Waals surface area (Å²) in [5.74, 6) is 0. The predicted octanol–water partition coefficient (Wildman–Crippen LogP) is 4.48. The van der Waals surface area contributed by atoms with E-state index in [1.807, 2.05) is 36.0 Å². The number of benzene rings is 1. The van der Waals surface area contributed by atoms with Crippen LogP contribution in [-0.4, -0.2) is 45.5 Å². The van der Waals surface area contributed by atoms with Crippen molar-refractivity contribution in [1.82, 2.24) is 19.4 Å². The second-order valence-electron chi connectivity index (χ2n) is 6.26. The zero-order valence-electron chi connectivity index (χ0n) is 15.5. The number of halogens is 2. The van der Waals surface area contributed by atoms with Crippen molar-refractivity contribution in [2.45, 2.75) is 18.9 Å². The number of rotatable bonds is 3. The van der Waals surface area contributed by atoms with Gasteiger partial charge in [-0.25, -0.2) is 4.98 Å². The van der Waals surface area contributed by atoms with Gasteiger partial charge in [0.2, 0.25) is 6.67 Å². The fourth-order valence-corrected chi connectivity index (χ4v) is 3.09. The van der Waals surface area contributed by atoms with Gasteiger partial charge in [0.05, 0.1) is 6.33 Å². The molecule has 0 unspecified atom stereocenters. The Morgan fingerprint density at radius 2 is 1.93 bits per heavy atom. The number of para-hydroxylation sites is 1. The Balaban J connectivity index is 0.000000242. The number of hydrogen-bond acceptors (Lipinski definition) is 4. The fourth-order valence-electron chi connectivity index (χ4n) is 3.09. The molecule has 0 amide bonds. The van der Waals surface area contributed by atoms with E-state index >= 15 is 0 Å². The van der Waals surface area contributed by atoms with Crippen LogP contribution in [0, 0.1) is 6.67 Å². The number of imidazole rings is 1. The first-order chi connectivity index (χ1) is 13.1. The van der Waals surface area contributed by atoms with Crippen LogP contribution >= 0.6 is 26.9 Å². The minimum atomic E-state index is 0.575. The van der Waals surface area contributed by atoms with E-state index in [0.29, 0.717) is 20.0 Å². The van der Waals surface area contributed by atoms with E-state index in [-0.39, 0.29) is 0 Å². The van der Waals surface area contributed by atoms with Crippen molar-refractivity contribution in [3.63, 3.8) is 0 Å². The van der Waals surface area contributed by atoms with Gasteiger partial charge in [-0.15, -0.1) is 0 Å². The molecule has 150 valence electrons. The molecule has 1 atom stereocenters. The summed E-state index contributed by atoms with van der Waals surface area (Å²) in [6.45, 7) is 5.47. The second-order valence-corrected chi connectivity index (χ2v) is 13.4. The normalized spacial score (nSPS) is 18.2. The quantitative estimate of drug-likeness (QED) is 0.494. The molecule has 0 saturated carbocycles. The molecule has 1 aromatic carbocycles. The third-order valence-electron chi connectivity index (χ3n) is 4.27. The van der Waals surface area contributed by atoms with Gasteiger partial charge in [0.25, 0.3) is 0 Å². The van der Waals surface area contributed by atoms with Crippen LogP contribution in [0.4, 0.5) is 5.69 Å². The van der Waals surface area contributed by atoms with Crippen molar-refractivity contribution in [2.75, 3.05) is 25.0 Å². The SMILES string of the molecule is CN1[C]N(C[C@@H]2CCCN2c2ccccc2)C=C1.Cn1ccnc1.[Br][Pd][Br]. The number of anilines is 1. The molecule has 3 heterocycles. The molecule has 2 aliphatic heterocycles. The molecule has 0 aliphatic carbocycles. The van der Waals surface area contributed by atoms with E-state index in [0.717, 1.165) is 6.54 Å². The monoisotopic (exact) mass is 587 g/mol. The standard InChI is InChI=1S/C15H19N3.C4H6N2.2BrH.Pd/c1-16-10-11-17(13-16)12-15-8-5-9-18(15)14-6-3-2-4-7-14;1-6-3-2-5-4-6;;;/h2-4,6-7,10-11,15H,5,8-9,12H2,1H3;2-4H,1H3;2*1H;/q;;;;+2/p-2/t15-;;;;/m0..../s1. The summed E-state index contributed by atoms with van der Waals surface area (Å²) in [5, 5.41) is 0. The molecular weight excluding hydrogens is 564 g/mol. The summed E-state index contributed by atoms with van der Waals surface area (Å²) in [7, 11) is 3.95. The molecular formula is C19H25Br2N5Pd. The molecule has 1 saturated heterocycles. The Hall–Kier alpha value is -0.808. The Morgan fingerprint density at radius 3 is 2.44 bits per heavy atom. The molecule has 1 fully saturated rings. The molecule has 2 radical (unpaired) electrons. The van der Waals surface area contributed by atoms with Crippen LogP contribution in [0.25, 0.3) is 0 Å². The number of hydrogen-bond donors (Lipinski definition) is 0. The van der Waals surface area contributed by atoms with Crippen molar-refractivity contribution in [2.24, 2.45) is 7.05 Å². The van der Waals surface area contributed by atoms with Crippen molar-refractivity contribution in [3.05, 3.63) is 68.1 Å². The second kappa shape index (κ2) is 12.6. The van der Waals surface area contributed by atoms with Gasteiger partial charge < -0.3 is 19.3 Å². The van der Waals surface area contributed by atoms with Crippen LogP contribution in [0.5, 0.6) is 0 Å². The summed E-state index contributed by atoms with van der Waals surface area (Å²) < 4.78 is 1.89. The van der Waals surface area contributed by atoms with Crippen LogP contribution < -0.4 is 4.90 Å². The van der Waals surface area contributed by atoms with Crippen LogP contribution in [-0.2, 0) is 21.0 Å². The number of aryl methyl sites for hydroxylation is 1. The molecule has 8 heteroatoms. The van der Waals surface area contributed by atoms with E-state index < -0.39 is 0 Å². The molecule has 27 heavy (non-hydrogen) atoms. The molecule has 0 bridgehead atoms. The Kier molecular flexibility index (Phi) is 10.5. The fraction of sp³-hybridized carbons (Fsp3) is 0.368. The Morgan fingerprint density at radius 1 is 1.19 bits per heavy atom. The Bertz CT molecular complexity index is 653. The minimum absolute atomic E-state index is 0.575. The maximum atomic E-state index is 3.78. The Labute approximate surface area is 184 Å². The summed E-state index contributed by atoms with van der Waals surface area (Å²) in [6.07, 6.45) is 12.1. The molecule has 5 nitrogen and oxygen atoms in total. The summed E-state index contributed by atoms with van der Waals surface area (Å²) in [5.41, 5.74) is 1.34. The first-order valence-corrected chi connectivity index (χ1v) is 15.7. The first-order valence-electron chi connectivity index (χ1n) is 8.64. The van der Waals surface area contributed by atoms with Gasteiger partial charge in [-0.05, 0) is 25.0 Å². The third-order valence-corrected chi connectivity index (χ3v) is 4.27. The van der Waals surface area contributed by atoms with Crippen LogP contribution in [0.2, 0.25) is 0 Å². The van der Waals surface area contributed by atoms with Gasteiger partial charge in [0.1, 0.15) is 0 Å². The van der Waals surface area contributed by atoms with E-state index in [4.69, 9.17) is 0 Å². The van der Waals surface area contributed by atoms with E-state index in [1.165, 1.54) is 25.1 Å². The first kappa shape index (κ1) is 22.5. The van der Waals surface area contributed by atoms with E-state index in [2.05, 4.69) is 84.8 Å². The molecule has 0 spiro atoms. The van der Waals surface area contributed by atoms with Crippen molar-refractivity contribution >= 4 is 32.5 Å². The van der Waals surface area contributed by atoms with Crippen molar-refractivity contribution in [3.8, 4) is 0 Å². The summed E-state index contributed by atoms with van der Waals surface area (Å²) in [6, 6.07) is 11.3. The van der Waals surface area contributed by atoms with Gasteiger partial charge >= 0.3 is 40.8 Å². The molecule has 0 N–H and O–H groups in total. The van der Waals surface area contributed by atoms with E-state index in [9.17, 15) is 0 Å². The third kappa shape index (κ3) is 7.99. The zero-order chi connectivity index (χ0) is 19.5. The number of nitrogens with zero attached hydrogens (tertiary/aromatic N) is 5. The van der Waals surface area contributed by atoms with Crippen LogP contribution in [0.3, 0.4) is 0 Å². The van der Waals surface area contributed by atoms with E-state index in [1.54, 1.807) is 12.5 Å². The van der Waals surface area contributed by atoms with Gasteiger partial charge in [-0.1, -0.05) is 18.2 Å². The van der Waals surface area contributed by atoms with Gasteiger partial charge in [0.15, 0.2) is 0 Å². The topological polar surface area (TPSA) is 27.5 Å². The molecule has 2 aromatic rings. The van der Waals surface area contributed by atoms with Gasteiger partial charge in [-0.2, -0.15) is 0 Å². The van der Waals surface area contributed by atoms with Gasteiger partial charge in [-0.3, -0.25) is 0 Å². The zero-order valence-corrected chi connectivity index (χ0v) is 20.2. The molecule has 1 aromatic heterocycles. The van der Waals surface area contributed by atoms with Gasteiger partial charge in [0, 0.05) is 63.7 Å². The summed E-state index contributed by atoms with van der Waals surface area (Å²) in [4.78, 5) is 10.4. The average Bonchev–Trinajstić information content (AvgIpc) is 3.41. The maximum absolute atomic E-state index is 3.78. The molecule has 2 aliphatic rings.